The van der Waals surface area contributed by atoms with Gasteiger partial charge in [0.25, 0.3) is 0 Å². The van der Waals surface area contributed by atoms with Crippen molar-refractivity contribution in [1.82, 2.24) is 0 Å². The Morgan fingerprint density at radius 3 is 1.93 bits per heavy atom. The van der Waals surface area contributed by atoms with E-state index in [0.717, 1.165) is 12.8 Å². The molecule has 9 heteroatoms. The normalized spacial score (nSPS) is 21.0. The van der Waals surface area contributed by atoms with Gasteiger partial charge in [-0.2, -0.15) is 0 Å². The van der Waals surface area contributed by atoms with E-state index >= 15 is 0 Å². The van der Waals surface area contributed by atoms with Crippen molar-refractivity contribution in [3.05, 3.63) is 22.3 Å². The minimum absolute atomic E-state index is 0.132. The summed E-state index contributed by atoms with van der Waals surface area (Å²) in [4.78, 5) is 48.6. The molecule has 0 aromatic rings. The summed E-state index contributed by atoms with van der Waals surface area (Å²) in [7, 11) is 0. The van der Waals surface area contributed by atoms with Gasteiger partial charge in [0.15, 0.2) is 0 Å². The van der Waals surface area contributed by atoms with Crippen molar-refractivity contribution in [3.8, 4) is 0 Å². The fourth-order valence-electron chi connectivity index (χ4n) is 4.07. The second-order valence-electron chi connectivity index (χ2n) is 7.69. The third-order valence-electron chi connectivity index (χ3n) is 5.58. The molecule has 0 heterocycles. The Kier molecular flexibility index (Phi) is 9.71. The van der Waals surface area contributed by atoms with Crippen LogP contribution in [-0.2, 0) is 19.2 Å². The SMILES string of the molecule is CCCCC1CC(C(N)=O)=C(C(N)=O)C(C(O)CCCC)CC(C(=O)O)=C1C(=O)O. The predicted molar refractivity (Wildman–Crippen MR) is 109 cm³/mol. The molecule has 0 spiro atoms. The summed E-state index contributed by atoms with van der Waals surface area (Å²) in [5.41, 5.74) is 10.0. The van der Waals surface area contributed by atoms with Crippen molar-refractivity contribution < 1.29 is 34.5 Å². The van der Waals surface area contributed by atoms with Crippen LogP contribution >= 0.6 is 0 Å². The fraction of sp³-hybridized carbons (Fsp3) is 0.619. The largest absolute Gasteiger partial charge is 0.478 e. The van der Waals surface area contributed by atoms with Crippen LogP contribution in [0.25, 0.3) is 0 Å². The summed E-state index contributed by atoms with van der Waals surface area (Å²) in [5.74, 6) is -6.69. The number of carboxylic acid groups (broad SMARTS) is 2. The third-order valence-corrected chi connectivity index (χ3v) is 5.58. The number of amides is 2. The summed E-state index contributed by atoms with van der Waals surface area (Å²) in [6, 6.07) is 0. The van der Waals surface area contributed by atoms with Gasteiger partial charge in [-0.3, -0.25) is 9.59 Å². The zero-order chi connectivity index (χ0) is 23.0. The van der Waals surface area contributed by atoms with E-state index in [-0.39, 0.29) is 35.1 Å². The molecule has 7 N–H and O–H groups in total. The lowest BCUT2D eigenvalue weighted by atomic mass is 9.73. The molecule has 0 saturated heterocycles. The lowest BCUT2D eigenvalue weighted by Crippen LogP contribution is -2.37. The van der Waals surface area contributed by atoms with Crippen LogP contribution in [-0.4, -0.2) is 45.2 Å². The van der Waals surface area contributed by atoms with Crippen molar-refractivity contribution in [2.24, 2.45) is 23.3 Å². The van der Waals surface area contributed by atoms with Crippen LogP contribution in [0.4, 0.5) is 0 Å². The number of primary amides is 2. The van der Waals surface area contributed by atoms with Crippen molar-refractivity contribution in [2.75, 3.05) is 0 Å². The molecule has 2 amide bonds. The molecule has 1 aliphatic carbocycles. The summed E-state index contributed by atoms with van der Waals surface area (Å²) in [6.07, 6.45) is 1.35. The van der Waals surface area contributed by atoms with Gasteiger partial charge in [-0.25, -0.2) is 9.59 Å². The van der Waals surface area contributed by atoms with Gasteiger partial charge in [0.05, 0.1) is 11.7 Å². The van der Waals surface area contributed by atoms with Crippen LogP contribution in [0.3, 0.4) is 0 Å². The molecular formula is C21H32N2O7. The number of unbranched alkanes of at least 4 members (excludes halogenated alkanes) is 2. The van der Waals surface area contributed by atoms with Gasteiger partial charge in [-0.1, -0.05) is 39.5 Å². The molecule has 0 aromatic heterocycles. The summed E-state index contributed by atoms with van der Waals surface area (Å²) >= 11 is 0. The van der Waals surface area contributed by atoms with Gasteiger partial charge in [0, 0.05) is 22.6 Å². The number of carboxylic acids is 2. The molecule has 0 bridgehead atoms. The standard InChI is InChI=1S/C21H32N2O7/c1-3-5-7-11-9-13(18(22)25)17(19(23)26)12(15(24)8-6-4-2)10-14(20(27)28)16(11)21(29)30/h11-12,15,24H,3-10H2,1-2H3,(H2,22,25)(H2,23,26)(H,27,28)(H,29,30). The quantitative estimate of drug-likeness (QED) is 0.333. The Bertz CT molecular complexity index is 754. The van der Waals surface area contributed by atoms with Crippen molar-refractivity contribution in [1.29, 1.82) is 0 Å². The molecule has 0 aromatic carbocycles. The molecule has 0 aliphatic heterocycles. The molecular weight excluding hydrogens is 392 g/mol. The van der Waals surface area contributed by atoms with Crippen molar-refractivity contribution in [2.45, 2.75) is 71.3 Å². The maximum absolute atomic E-state index is 12.3. The first-order valence-electron chi connectivity index (χ1n) is 10.3. The Morgan fingerprint density at radius 1 is 0.900 bits per heavy atom. The first-order valence-corrected chi connectivity index (χ1v) is 10.3. The van der Waals surface area contributed by atoms with Crippen LogP contribution in [0.15, 0.2) is 22.3 Å². The van der Waals surface area contributed by atoms with E-state index in [4.69, 9.17) is 11.5 Å². The lowest BCUT2D eigenvalue weighted by molar-refractivity contribution is -0.136. The molecule has 0 radical (unpaired) electrons. The molecule has 168 valence electrons. The first-order chi connectivity index (χ1) is 14.1. The minimum atomic E-state index is -1.44. The van der Waals surface area contributed by atoms with Crippen LogP contribution in [0, 0.1) is 11.8 Å². The molecule has 3 atom stereocenters. The van der Waals surface area contributed by atoms with Crippen LogP contribution in [0.5, 0.6) is 0 Å². The number of carbonyl (C=O) groups is 4. The molecule has 0 saturated carbocycles. The third kappa shape index (κ3) is 6.16. The van der Waals surface area contributed by atoms with E-state index in [1.165, 1.54) is 0 Å². The Labute approximate surface area is 175 Å². The molecule has 1 rings (SSSR count). The van der Waals surface area contributed by atoms with E-state index in [0.29, 0.717) is 19.3 Å². The van der Waals surface area contributed by atoms with Crippen LogP contribution in [0.2, 0.25) is 0 Å². The zero-order valence-corrected chi connectivity index (χ0v) is 17.5. The highest BCUT2D eigenvalue weighted by Crippen LogP contribution is 2.39. The molecule has 9 nitrogen and oxygen atoms in total. The van der Waals surface area contributed by atoms with E-state index in [9.17, 15) is 34.5 Å². The summed E-state index contributed by atoms with van der Waals surface area (Å²) < 4.78 is 0. The number of rotatable bonds is 11. The summed E-state index contributed by atoms with van der Waals surface area (Å²) in [6.45, 7) is 3.79. The molecule has 1 aliphatic rings. The van der Waals surface area contributed by atoms with E-state index < -0.39 is 48.1 Å². The maximum atomic E-state index is 12.3. The highest BCUT2D eigenvalue weighted by molar-refractivity contribution is 6.05. The first kappa shape index (κ1) is 25.4. The number of carbonyl (C=O) groups excluding carboxylic acids is 2. The Morgan fingerprint density at radius 2 is 1.50 bits per heavy atom. The number of nitrogens with two attached hydrogens (primary N) is 2. The molecule has 0 fully saturated rings. The Balaban J connectivity index is 3.77. The second-order valence-corrected chi connectivity index (χ2v) is 7.69. The van der Waals surface area contributed by atoms with Gasteiger partial charge >= 0.3 is 11.9 Å². The number of hydrogen-bond acceptors (Lipinski definition) is 5. The minimum Gasteiger partial charge on any atom is -0.478 e. The average molecular weight is 424 g/mol. The lowest BCUT2D eigenvalue weighted by Gasteiger charge is -2.31. The Hall–Kier alpha value is -2.68. The van der Waals surface area contributed by atoms with Gasteiger partial charge in [-0.15, -0.1) is 0 Å². The molecule has 30 heavy (non-hydrogen) atoms. The smallest absolute Gasteiger partial charge is 0.332 e. The maximum Gasteiger partial charge on any atom is 0.332 e. The van der Waals surface area contributed by atoms with Gasteiger partial charge < -0.3 is 26.8 Å². The van der Waals surface area contributed by atoms with Crippen LogP contribution in [0.1, 0.15) is 65.2 Å². The van der Waals surface area contributed by atoms with Gasteiger partial charge in [0.1, 0.15) is 0 Å². The summed E-state index contributed by atoms with van der Waals surface area (Å²) in [5, 5.41) is 30.3. The van der Waals surface area contributed by atoms with Crippen molar-refractivity contribution in [3.63, 3.8) is 0 Å². The van der Waals surface area contributed by atoms with E-state index in [1.807, 2.05) is 13.8 Å². The highest BCUT2D eigenvalue weighted by Gasteiger charge is 2.39. The van der Waals surface area contributed by atoms with Crippen molar-refractivity contribution >= 4 is 23.8 Å². The number of aliphatic carboxylic acids is 2. The van der Waals surface area contributed by atoms with Gasteiger partial charge in [0.2, 0.25) is 11.8 Å². The number of hydrogen-bond donors (Lipinski definition) is 5. The number of aliphatic hydroxyl groups is 1. The van der Waals surface area contributed by atoms with E-state index in [2.05, 4.69) is 0 Å². The average Bonchev–Trinajstić information content (AvgIpc) is 2.64. The molecule has 3 unspecified atom stereocenters. The topological polar surface area (TPSA) is 181 Å². The van der Waals surface area contributed by atoms with Crippen LogP contribution < -0.4 is 11.5 Å². The van der Waals surface area contributed by atoms with Gasteiger partial charge in [-0.05, 0) is 31.6 Å². The fourth-order valence-corrected chi connectivity index (χ4v) is 4.07. The second kappa shape index (κ2) is 11.5. The predicted octanol–water partition coefficient (Wildman–Crippen LogP) is 1.49. The number of aliphatic hydroxyl groups excluding tert-OH is 1. The van der Waals surface area contributed by atoms with E-state index in [1.54, 1.807) is 0 Å². The highest BCUT2D eigenvalue weighted by atomic mass is 16.4. The monoisotopic (exact) mass is 424 g/mol. The zero-order valence-electron chi connectivity index (χ0n) is 17.5.